The number of nitrogens with zero attached hydrogens (tertiary/aromatic N) is 2. The predicted molar refractivity (Wildman–Crippen MR) is 114 cm³/mol. The maximum absolute atomic E-state index is 13.2. The van der Waals surface area contributed by atoms with Gasteiger partial charge in [-0.3, -0.25) is 27.9 Å². The Balaban J connectivity index is 1.79. The molecule has 2 N–H and O–H groups in total. The molecule has 1 aromatic rings. The molecule has 2 aliphatic heterocycles. The van der Waals surface area contributed by atoms with Gasteiger partial charge in [0, 0.05) is 12.3 Å². The largest absolute Gasteiger partial charge is 0.475 e. The van der Waals surface area contributed by atoms with Crippen LogP contribution in [-0.2, 0) is 37.1 Å². The number of hydrogen-bond donors (Lipinski definition) is 2. The number of nitriles is 1. The van der Waals surface area contributed by atoms with Crippen LogP contribution in [0.15, 0.2) is 21.9 Å². The Morgan fingerprint density at radius 2 is 2.14 bits per heavy atom. The van der Waals surface area contributed by atoms with Crippen LogP contribution in [0.5, 0.6) is 0 Å². The third-order valence-electron chi connectivity index (χ3n) is 5.24. The SMILES string of the molecule is COC(=O)N[C@H](CO[P@]1(=O)OC[C@H]2O[C@@H](n3ccc(=O)[nH]c3=O)[C@](C)(C#N)[C@@H]2O1)C(=O)OC(C)C. The first-order valence-electron chi connectivity index (χ1n) is 10.4. The maximum Gasteiger partial charge on any atom is 0.475 e. The molecule has 0 radical (unpaired) electrons. The highest BCUT2D eigenvalue weighted by Crippen LogP contribution is 2.60. The van der Waals surface area contributed by atoms with Gasteiger partial charge in [0.25, 0.3) is 5.56 Å². The minimum Gasteiger partial charge on any atom is -0.461 e. The van der Waals surface area contributed by atoms with E-state index in [-0.39, 0.29) is 6.61 Å². The summed E-state index contributed by atoms with van der Waals surface area (Å²) < 4.78 is 45.6. The van der Waals surface area contributed by atoms with Gasteiger partial charge in [0.1, 0.15) is 17.6 Å². The summed E-state index contributed by atoms with van der Waals surface area (Å²) in [5, 5.41) is 12.1. The van der Waals surface area contributed by atoms with Crippen molar-refractivity contribution in [2.75, 3.05) is 20.3 Å². The van der Waals surface area contributed by atoms with Crippen LogP contribution in [0.25, 0.3) is 0 Å². The number of alkyl carbamates (subject to hydrolysis) is 1. The van der Waals surface area contributed by atoms with Crippen molar-refractivity contribution in [3.8, 4) is 6.07 Å². The number of carbonyl (C=O) groups is 2. The van der Waals surface area contributed by atoms with Crippen LogP contribution >= 0.6 is 7.82 Å². The fourth-order valence-corrected chi connectivity index (χ4v) is 5.04. The van der Waals surface area contributed by atoms with Gasteiger partial charge in [0.05, 0.1) is 32.5 Å². The van der Waals surface area contributed by atoms with Crippen molar-refractivity contribution in [2.45, 2.75) is 51.4 Å². The number of H-pyrrole nitrogens is 1. The molecule has 2 aliphatic rings. The second-order valence-corrected chi connectivity index (χ2v) is 9.80. The van der Waals surface area contributed by atoms with E-state index >= 15 is 0 Å². The fourth-order valence-electron chi connectivity index (χ4n) is 3.55. The Hall–Kier alpha value is -3.02. The molecule has 0 bridgehead atoms. The van der Waals surface area contributed by atoms with Crippen LogP contribution in [0, 0.1) is 16.7 Å². The Bertz CT molecular complexity index is 1170. The molecule has 35 heavy (non-hydrogen) atoms. The second-order valence-electron chi connectivity index (χ2n) is 8.18. The van der Waals surface area contributed by atoms with Crippen molar-refractivity contribution in [1.29, 1.82) is 5.26 Å². The van der Waals surface area contributed by atoms with Crippen LogP contribution in [0.2, 0.25) is 0 Å². The molecule has 0 unspecified atom stereocenters. The monoisotopic (exact) mass is 516 g/mol. The minimum absolute atomic E-state index is 0.334. The summed E-state index contributed by atoms with van der Waals surface area (Å²) in [6.45, 7) is 3.62. The second kappa shape index (κ2) is 10.3. The first kappa shape index (κ1) is 26.6. The quantitative estimate of drug-likeness (QED) is 0.369. The smallest absolute Gasteiger partial charge is 0.461 e. The van der Waals surface area contributed by atoms with Crippen molar-refractivity contribution in [3.05, 3.63) is 33.1 Å². The highest BCUT2D eigenvalue weighted by Gasteiger charge is 2.61. The molecular weight excluding hydrogens is 491 g/mol. The molecule has 0 saturated carbocycles. The van der Waals surface area contributed by atoms with Gasteiger partial charge in [-0.15, -0.1) is 0 Å². The highest BCUT2D eigenvalue weighted by molar-refractivity contribution is 7.48. The van der Waals surface area contributed by atoms with Crippen LogP contribution in [-0.4, -0.2) is 66.3 Å². The molecule has 15 nitrogen and oxygen atoms in total. The van der Waals surface area contributed by atoms with Crippen molar-refractivity contribution in [2.24, 2.45) is 5.41 Å². The maximum atomic E-state index is 13.2. The zero-order valence-electron chi connectivity index (χ0n) is 19.3. The number of phosphoric ester groups is 1. The molecular formula is C19H25N4O11P. The molecule has 6 atom stereocenters. The van der Waals surface area contributed by atoms with Gasteiger partial charge in [0.2, 0.25) is 0 Å². The van der Waals surface area contributed by atoms with Crippen molar-refractivity contribution < 1.29 is 41.9 Å². The van der Waals surface area contributed by atoms with Gasteiger partial charge in [0.15, 0.2) is 12.3 Å². The van der Waals surface area contributed by atoms with Gasteiger partial charge in [-0.05, 0) is 20.8 Å². The Labute approximate surface area is 198 Å². The number of aromatic amines is 1. The number of carbonyl (C=O) groups excluding carboxylic acids is 2. The molecule has 3 rings (SSSR count). The number of aromatic nitrogens is 2. The number of esters is 1. The number of ether oxygens (including phenoxy) is 3. The lowest BCUT2D eigenvalue weighted by molar-refractivity contribution is -0.150. The van der Waals surface area contributed by atoms with E-state index in [9.17, 15) is 29.0 Å². The Morgan fingerprint density at radius 3 is 2.74 bits per heavy atom. The molecule has 3 heterocycles. The van der Waals surface area contributed by atoms with Gasteiger partial charge in [-0.2, -0.15) is 5.26 Å². The van der Waals surface area contributed by atoms with Gasteiger partial charge in [-0.25, -0.2) is 18.9 Å². The number of fused-ring (bicyclic) bond motifs is 1. The first-order chi connectivity index (χ1) is 16.4. The van der Waals surface area contributed by atoms with Gasteiger partial charge < -0.3 is 19.5 Å². The summed E-state index contributed by atoms with van der Waals surface area (Å²) in [5.41, 5.74) is -3.01. The third kappa shape index (κ3) is 5.63. The van der Waals surface area contributed by atoms with Gasteiger partial charge in [-0.1, -0.05) is 0 Å². The van der Waals surface area contributed by atoms with E-state index in [1.807, 2.05) is 6.07 Å². The lowest BCUT2D eigenvalue weighted by Crippen LogP contribution is -2.46. The van der Waals surface area contributed by atoms with E-state index in [2.05, 4.69) is 15.0 Å². The van der Waals surface area contributed by atoms with E-state index in [0.29, 0.717) is 0 Å². The van der Waals surface area contributed by atoms with Crippen molar-refractivity contribution in [1.82, 2.24) is 14.9 Å². The van der Waals surface area contributed by atoms with E-state index in [1.54, 1.807) is 13.8 Å². The minimum atomic E-state index is -4.37. The lowest BCUT2D eigenvalue weighted by Gasteiger charge is -2.34. The molecule has 2 fully saturated rings. The molecule has 0 aromatic carbocycles. The third-order valence-corrected chi connectivity index (χ3v) is 6.66. The standard InChI is InChI=1S/C19H25N4O11P/c1-10(2)32-15(25)11(21-18(27)29-4)7-30-35(28)31-8-12-14(34-35)19(3,9-20)16(33-12)23-6-5-13(24)22-17(23)26/h5-6,10-12,14,16H,7-8H2,1-4H3,(H,21,27)(H,22,24,26)/t11-,12-,14-,16-,19-,35-/m1/s1. The average molecular weight is 516 g/mol. The Kier molecular flexibility index (Phi) is 7.83. The first-order valence-corrected chi connectivity index (χ1v) is 11.9. The predicted octanol–water partition coefficient (Wildman–Crippen LogP) is 0.180. The molecule has 0 spiro atoms. The zero-order chi connectivity index (χ0) is 26.0. The summed E-state index contributed by atoms with van der Waals surface area (Å²) >= 11 is 0. The van der Waals surface area contributed by atoms with E-state index in [1.165, 1.54) is 13.1 Å². The topological polar surface area (TPSA) is 197 Å². The number of phosphoric acid groups is 1. The number of methoxy groups -OCH3 is 1. The summed E-state index contributed by atoms with van der Waals surface area (Å²) in [6, 6.07) is 1.70. The van der Waals surface area contributed by atoms with Crippen molar-refractivity contribution in [3.63, 3.8) is 0 Å². The number of amides is 1. The molecule has 192 valence electrons. The lowest BCUT2D eigenvalue weighted by atomic mass is 9.84. The summed E-state index contributed by atoms with van der Waals surface area (Å²) in [6.07, 6.45) is -3.60. The van der Waals surface area contributed by atoms with E-state index < -0.39 is 73.7 Å². The highest BCUT2D eigenvalue weighted by atomic mass is 31.2. The van der Waals surface area contributed by atoms with Crippen LogP contribution < -0.4 is 16.6 Å². The Morgan fingerprint density at radius 1 is 1.43 bits per heavy atom. The van der Waals surface area contributed by atoms with Gasteiger partial charge >= 0.3 is 25.6 Å². The molecule has 16 heteroatoms. The van der Waals surface area contributed by atoms with Crippen molar-refractivity contribution >= 4 is 19.9 Å². The molecule has 0 aliphatic carbocycles. The fraction of sp³-hybridized carbons (Fsp3) is 0.632. The van der Waals surface area contributed by atoms with Crippen LogP contribution in [0.4, 0.5) is 4.79 Å². The van der Waals surface area contributed by atoms with E-state index in [0.717, 1.165) is 17.7 Å². The summed E-state index contributed by atoms with van der Waals surface area (Å²) in [5.74, 6) is -0.879. The van der Waals surface area contributed by atoms with Crippen LogP contribution in [0.3, 0.4) is 0 Å². The summed E-state index contributed by atoms with van der Waals surface area (Å²) in [4.78, 5) is 49.7. The molecule has 1 amide bonds. The molecule has 1 aromatic heterocycles. The average Bonchev–Trinajstić information content (AvgIpc) is 3.08. The normalized spacial score (nSPS) is 30.7. The number of rotatable bonds is 7. The molecule has 2 saturated heterocycles. The summed E-state index contributed by atoms with van der Waals surface area (Å²) in [7, 11) is -3.28. The number of hydrogen-bond acceptors (Lipinski definition) is 12. The van der Waals surface area contributed by atoms with E-state index in [4.69, 9.17) is 23.0 Å². The number of nitrogens with one attached hydrogen (secondary N) is 2. The zero-order valence-corrected chi connectivity index (χ0v) is 20.2. The van der Waals surface area contributed by atoms with Crippen LogP contribution in [0.1, 0.15) is 27.0 Å².